The number of terminal acetylenes is 1. The van der Waals surface area contributed by atoms with Gasteiger partial charge in [0.1, 0.15) is 5.75 Å². The molecule has 38 heavy (non-hydrogen) atoms. The largest absolute Gasteiger partial charge is 0.496 e. The molecule has 6 aliphatic rings. The third-order valence-corrected chi connectivity index (χ3v) is 8.82. The smallest absolute Gasteiger partial charge is 0.321 e. The molecule has 1 saturated heterocycles. The molecule has 2 atom stereocenters. The van der Waals surface area contributed by atoms with Crippen LogP contribution in [0.4, 0.5) is 5.95 Å². The Bertz CT molecular complexity index is 1340. The van der Waals surface area contributed by atoms with Crippen LogP contribution in [0.25, 0.3) is 0 Å². The van der Waals surface area contributed by atoms with Crippen molar-refractivity contribution in [2.75, 3.05) is 31.7 Å². The van der Waals surface area contributed by atoms with E-state index < -0.39 is 0 Å². The van der Waals surface area contributed by atoms with Crippen LogP contribution < -0.4 is 19.7 Å². The maximum Gasteiger partial charge on any atom is 0.321 e. The summed E-state index contributed by atoms with van der Waals surface area (Å²) in [6.45, 7) is 2.51. The van der Waals surface area contributed by atoms with Gasteiger partial charge in [-0.05, 0) is 50.5 Å². The maximum absolute atomic E-state index is 13.1. The predicted molar refractivity (Wildman–Crippen MR) is 139 cm³/mol. The third-order valence-electron chi connectivity index (χ3n) is 8.82. The number of nitrogens with one attached hydrogen (secondary N) is 1. The Labute approximate surface area is 221 Å². The van der Waals surface area contributed by atoms with Crippen molar-refractivity contribution in [2.45, 2.75) is 50.6 Å². The predicted octanol–water partition coefficient (Wildman–Crippen LogP) is 2.42. The van der Waals surface area contributed by atoms with E-state index in [-0.39, 0.29) is 29.2 Å². The van der Waals surface area contributed by atoms with E-state index >= 15 is 0 Å². The number of anilines is 1. The number of piperidine rings is 1. The summed E-state index contributed by atoms with van der Waals surface area (Å²) in [5, 5.41) is 3.16. The van der Waals surface area contributed by atoms with Crippen LogP contribution in [0.1, 0.15) is 60.4 Å². The van der Waals surface area contributed by atoms with Crippen molar-refractivity contribution in [3.05, 3.63) is 29.3 Å². The average molecular weight is 514 g/mol. The summed E-state index contributed by atoms with van der Waals surface area (Å²) in [4.78, 5) is 38.1. The number of aliphatic imine (C=N–C) groups is 1. The molecule has 2 aromatic heterocycles. The SMILES string of the molecule is C#C[C@@H]1C[C@@H]1COc1nc(C(=O)NC23CC(C2)C3)nc(N2CCC(C3=NCc4nccc(OC)c43)CC2)n1. The van der Waals surface area contributed by atoms with Gasteiger partial charge in [0.25, 0.3) is 5.91 Å². The van der Waals surface area contributed by atoms with E-state index in [1.807, 2.05) is 6.07 Å². The average Bonchev–Trinajstić information content (AvgIpc) is 3.54. The lowest BCUT2D eigenvalue weighted by Gasteiger charge is -2.61. The quantitative estimate of drug-likeness (QED) is 0.536. The van der Waals surface area contributed by atoms with Gasteiger partial charge in [-0.25, -0.2) is 0 Å². The molecule has 196 valence electrons. The number of methoxy groups -OCH3 is 1. The van der Waals surface area contributed by atoms with E-state index in [4.69, 9.17) is 20.9 Å². The molecule has 4 heterocycles. The number of rotatable bonds is 8. The normalized spacial score (nSPS) is 28.8. The van der Waals surface area contributed by atoms with Crippen LogP contribution in [0, 0.1) is 36.0 Å². The maximum atomic E-state index is 13.1. The molecular weight excluding hydrogens is 482 g/mol. The summed E-state index contributed by atoms with van der Waals surface area (Å²) >= 11 is 0. The second kappa shape index (κ2) is 8.93. The van der Waals surface area contributed by atoms with Gasteiger partial charge in [0.2, 0.25) is 11.8 Å². The lowest BCUT2D eigenvalue weighted by Crippen LogP contribution is -2.68. The molecule has 5 fully saturated rings. The number of amides is 1. The van der Waals surface area contributed by atoms with Gasteiger partial charge in [-0.2, -0.15) is 15.0 Å². The molecule has 10 nitrogen and oxygen atoms in total. The first kappa shape index (κ1) is 23.4. The molecule has 0 aromatic carbocycles. The van der Waals surface area contributed by atoms with Crippen molar-refractivity contribution in [2.24, 2.45) is 28.7 Å². The number of hydrogen-bond donors (Lipinski definition) is 1. The van der Waals surface area contributed by atoms with Gasteiger partial charge in [0.05, 0.1) is 37.2 Å². The van der Waals surface area contributed by atoms with Crippen molar-refractivity contribution in [1.82, 2.24) is 25.3 Å². The van der Waals surface area contributed by atoms with E-state index in [9.17, 15) is 4.79 Å². The van der Waals surface area contributed by atoms with Gasteiger partial charge in [-0.3, -0.25) is 14.8 Å². The molecule has 2 bridgehead atoms. The number of ether oxygens (including phenoxy) is 2. The summed E-state index contributed by atoms with van der Waals surface area (Å²) < 4.78 is 11.5. The highest BCUT2D eigenvalue weighted by atomic mass is 16.5. The van der Waals surface area contributed by atoms with Crippen LogP contribution in [0.2, 0.25) is 0 Å². The van der Waals surface area contributed by atoms with E-state index in [0.29, 0.717) is 30.9 Å². The van der Waals surface area contributed by atoms with Gasteiger partial charge in [-0.15, -0.1) is 12.3 Å². The van der Waals surface area contributed by atoms with E-state index in [1.165, 1.54) is 0 Å². The fraction of sp³-hybridized carbons (Fsp3) is 0.571. The summed E-state index contributed by atoms with van der Waals surface area (Å²) in [7, 11) is 1.69. The second-order valence-corrected chi connectivity index (χ2v) is 11.3. The molecule has 2 aromatic rings. The number of pyridine rings is 1. The standard InChI is InChI=1S/C28H31N7O3/c1-3-17-10-19(17)15-38-27-32-24(25(36)34-28-11-16(12-28)13-28)31-26(33-27)35-8-5-18(6-9-35)23-22-20(14-30-23)29-7-4-21(22)37-2/h1,4,7,16-19H,5-6,8-15H2,2H3,(H,34,36)/t16?,17-,19-,28?/m1/s1. The Kier molecular flexibility index (Phi) is 5.49. The highest BCUT2D eigenvalue weighted by Gasteiger charge is 2.57. The minimum Gasteiger partial charge on any atom is -0.496 e. The van der Waals surface area contributed by atoms with Gasteiger partial charge >= 0.3 is 6.01 Å². The number of carbonyl (C=O) groups excluding carboxylic acids is 1. The molecule has 2 aliphatic heterocycles. The topological polar surface area (TPSA) is 115 Å². The fourth-order valence-electron chi connectivity index (χ4n) is 6.37. The van der Waals surface area contributed by atoms with Crippen molar-refractivity contribution in [3.63, 3.8) is 0 Å². The highest BCUT2D eigenvalue weighted by Crippen LogP contribution is 2.57. The van der Waals surface area contributed by atoms with E-state index in [1.54, 1.807) is 13.3 Å². The van der Waals surface area contributed by atoms with Crippen LogP contribution in [0.3, 0.4) is 0 Å². The Morgan fingerprint density at radius 1 is 1.24 bits per heavy atom. The lowest BCUT2D eigenvalue weighted by atomic mass is 9.50. The van der Waals surface area contributed by atoms with Gasteiger partial charge < -0.3 is 19.7 Å². The molecule has 0 spiro atoms. The Morgan fingerprint density at radius 2 is 2.05 bits per heavy atom. The molecule has 1 amide bonds. The number of fused-ring (bicyclic) bond motifs is 1. The first-order valence-corrected chi connectivity index (χ1v) is 13.5. The summed E-state index contributed by atoms with van der Waals surface area (Å²) in [6, 6.07) is 2.08. The highest BCUT2D eigenvalue weighted by molar-refractivity contribution is 6.07. The molecule has 8 rings (SSSR count). The second-order valence-electron chi connectivity index (χ2n) is 11.3. The Morgan fingerprint density at radius 3 is 2.74 bits per heavy atom. The van der Waals surface area contributed by atoms with Crippen molar-refractivity contribution >= 4 is 17.6 Å². The molecule has 10 heteroatoms. The molecule has 4 saturated carbocycles. The van der Waals surface area contributed by atoms with Gasteiger partial charge in [0.15, 0.2) is 0 Å². The van der Waals surface area contributed by atoms with Crippen molar-refractivity contribution < 1.29 is 14.3 Å². The Balaban J connectivity index is 1.07. The first-order valence-electron chi connectivity index (χ1n) is 13.5. The molecule has 0 unspecified atom stereocenters. The van der Waals surface area contributed by atoms with Crippen LogP contribution in [0.5, 0.6) is 11.8 Å². The Hall–Kier alpha value is -3.74. The molecule has 4 aliphatic carbocycles. The molecule has 0 radical (unpaired) electrons. The third kappa shape index (κ3) is 4.05. The van der Waals surface area contributed by atoms with E-state index in [2.05, 4.69) is 36.1 Å². The van der Waals surface area contributed by atoms with Crippen LogP contribution in [-0.2, 0) is 6.54 Å². The zero-order valence-corrected chi connectivity index (χ0v) is 21.5. The number of hydrogen-bond acceptors (Lipinski definition) is 9. The lowest BCUT2D eigenvalue weighted by molar-refractivity contribution is -0.0441. The van der Waals surface area contributed by atoms with Crippen LogP contribution in [0.15, 0.2) is 17.3 Å². The molecule has 1 N–H and O–H groups in total. The monoisotopic (exact) mass is 513 g/mol. The minimum atomic E-state index is -0.254. The summed E-state index contributed by atoms with van der Waals surface area (Å²) in [5.74, 6) is 5.57. The van der Waals surface area contributed by atoms with Crippen molar-refractivity contribution in [3.8, 4) is 24.1 Å². The van der Waals surface area contributed by atoms with Crippen LogP contribution in [-0.4, -0.2) is 63.9 Å². The summed E-state index contributed by atoms with van der Waals surface area (Å²) in [6.07, 6.45) is 13.2. The van der Waals surface area contributed by atoms with Gasteiger partial charge in [0, 0.05) is 42.6 Å². The van der Waals surface area contributed by atoms with Crippen molar-refractivity contribution in [1.29, 1.82) is 0 Å². The summed E-state index contributed by atoms with van der Waals surface area (Å²) in [5.41, 5.74) is 3.04. The number of nitrogens with zero attached hydrogens (tertiary/aromatic N) is 6. The van der Waals surface area contributed by atoms with E-state index in [0.717, 1.165) is 80.3 Å². The van der Waals surface area contributed by atoms with Gasteiger partial charge in [-0.1, -0.05) is 0 Å². The first-order chi connectivity index (χ1) is 18.5. The fourth-order valence-corrected chi connectivity index (χ4v) is 6.37. The zero-order valence-electron chi connectivity index (χ0n) is 21.5. The number of aromatic nitrogens is 4. The minimum absolute atomic E-state index is 0.0594. The zero-order chi connectivity index (χ0) is 25.9. The number of carbonyl (C=O) groups is 1. The molecular formula is C28H31N7O3. The van der Waals surface area contributed by atoms with Crippen LogP contribution >= 0.6 is 0 Å².